The number of nitrogens with one attached hydrogen (secondary N) is 2. The number of aliphatic hydroxyl groups excluding tert-OH is 1. The number of carbonyl (C=O) groups excluding carboxylic acids is 1. The largest absolute Gasteiger partial charge is 0.394 e. The molecule has 0 radical (unpaired) electrons. The van der Waals surface area contributed by atoms with Crippen LogP contribution in [0.25, 0.3) is 11.1 Å². The summed E-state index contributed by atoms with van der Waals surface area (Å²) in [5.74, 6) is 0.0156. The molecule has 1 aromatic heterocycles. The van der Waals surface area contributed by atoms with Crippen LogP contribution in [-0.2, 0) is 10.2 Å². The highest BCUT2D eigenvalue weighted by atomic mass is 16.3. The maximum absolute atomic E-state index is 12.2. The molecule has 142 valence electrons. The van der Waals surface area contributed by atoms with Crippen molar-refractivity contribution in [3.05, 3.63) is 78.1 Å². The fourth-order valence-electron chi connectivity index (χ4n) is 3.55. The molecular weight excluding hydrogens is 350 g/mol. The lowest BCUT2D eigenvalue weighted by Crippen LogP contribution is -2.26. The average Bonchev–Trinajstić information content (AvgIpc) is 2.95. The van der Waals surface area contributed by atoms with Crippen molar-refractivity contribution in [2.75, 3.05) is 17.2 Å². The number of nitrogens with zero attached hydrogens (tertiary/aromatic N) is 1. The van der Waals surface area contributed by atoms with Crippen LogP contribution < -0.4 is 10.6 Å². The Morgan fingerprint density at radius 3 is 2.61 bits per heavy atom. The molecule has 1 amide bonds. The van der Waals surface area contributed by atoms with E-state index in [-0.39, 0.29) is 18.6 Å². The van der Waals surface area contributed by atoms with Crippen LogP contribution in [0.2, 0.25) is 0 Å². The summed E-state index contributed by atoms with van der Waals surface area (Å²) in [6.07, 6.45) is 3.55. The Hall–Kier alpha value is -3.18. The Labute approximate surface area is 164 Å². The first-order valence-electron chi connectivity index (χ1n) is 9.33. The van der Waals surface area contributed by atoms with Crippen LogP contribution >= 0.6 is 0 Å². The standard InChI is InChI=1S/C23H23N3O2/c1-23(2)19-11-16(8-9-20(19)26-22(23)28)17-10-18(13-24-12-17)25-21(14-27)15-6-4-3-5-7-15/h3-13,21,25,27H,14H2,1-2H3,(H,26,28)/t21-/m0/s1. The van der Waals surface area contributed by atoms with Gasteiger partial charge in [0, 0.05) is 23.6 Å². The number of hydrogen-bond donors (Lipinski definition) is 3. The van der Waals surface area contributed by atoms with E-state index in [2.05, 4.69) is 21.7 Å². The summed E-state index contributed by atoms with van der Waals surface area (Å²) in [5.41, 5.74) is 5.10. The summed E-state index contributed by atoms with van der Waals surface area (Å²) in [5, 5.41) is 16.1. The highest BCUT2D eigenvalue weighted by molar-refractivity contribution is 6.06. The molecule has 0 bridgehead atoms. The Morgan fingerprint density at radius 2 is 1.86 bits per heavy atom. The Bertz CT molecular complexity index is 1020. The Kier molecular flexibility index (Phi) is 4.61. The van der Waals surface area contributed by atoms with E-state index >= 15 is 0 Å². The fourth-order valence-corrected chi connectivity index (χ4v) is 3.55. The van der Waals surface area contributed by atoms with E-state index in [0.29, 0.717) is 0 Å². The molecule has 4 rings (SSSR count). The van der Waals surface area contributed by atoms with E-state index < -0.39 is 5.41 Å². The first kappa shape index (κ1) is 18.2. The van der Waals surface area contributed by atoms with Crippen LogP contribution in [0.3, 0.4) is 0 Å². The molecule has 1 aliphatic heterocycles. The minimum atomic E-state index is -0.552. The smallest absolute Gasteiger partial charge is 0.234 e. The van der Waals surface area contributed by atoms with E-state index in [1.165, 1.54) is 0 Å². The van der Waals surface area contributed by atoms with Crippen LogP contribution in [0.15, 0.2) is 67.0 Å². The summed E-state index contributed by atoms with van der Waals surface area (Å²) >= 11 is 0. The SMILES string of the molecule is CC1(C)C(=O)Nc2ccc(-c3cncc(N[C@@H](CO)c4ccccc4)c3)cc21. The Morgan fingerprint density at radius 1 is 1.07 bits per heavy atom. The summed E-state index contributed by atoms with van der Waals surface area (Å²) in [7, 11) is 0. The molecule has 1 atom stereocenters. The number of aliphatic hydroxyl groups is 1. The minimum Gasteiger partial charge on any atom is -0.394 e. The van der Waals surface area contributed by atoms with E-state index in [4.69, 9.17) is 0 Å². The quantitative estimate of drug-likeness (QED) is 0.629. The molecule has 3 N–H and O–H groups in total. The number of anilines is 2. The van der Waals surface area contributed by atoms with Crippen LogP contribution in [0, 0.1) is 0 Å². The number of aromatic nitrogens is 1. The zero-order valence-electron chi connectivity index (χ0n) is 15.9. The van der Waals surface area contributed by atoms with Crippen molar-refractivity contribution in [2.45, 2.75) is 25.3 Å². The monoisotopic (exact) mass is 373 g/mol. The van der Waals surface area contributed by atoms with Crippen molar-refractivity contribution >= 4 is 17.3 Å². The lowest BCUT2D eigenvalue weighted by Gasteiger charge is -2.19. The van der Waals surface area contributed by atoms with Gasteiger partial charge in [0.05, 0.1) is 23.8 Å². The molecule has 2 heterocycles. The number of carbonyl (C=O) groups is 1. The number of amides is 1. The second kappa shape index (κ2) is 7.09. The van der Waals surface area contributed by atoms with Crippen molar-refractivity contribution in [3.63, 3.8) is 0 Å². The summed E-state index contributed by atoms with van der Waals surface area (Å²) in [6.45, 7) is 3.84. The molecular formula is C23H23N3O2. The van der Waals surface area contributed by atoms with E-state index in [0.717, 1.165) is 33.6 Å². The van der Waals surface area contributed by atoms with E-state index in [1.807, 2.05) is 62.4 Å². The maximum Gasteiger partial charge on any atom is 0.234 e. The highest BCUT2D eigenvalue weighted by Gasteiger charge is 2.38. The normalized spacial score (nSPS) is 15.6. The van der Waals surface area contributed by atoms with Gasteiger partial charge < -0.3 is 15.7 Å². The van der Waals surface area contributed by atoms with E-state index in [9.17, 15) is 9.90 Å². The highest BCUT2D eigenvalue weighted by Crippen LogP contribution is 2.39. The molecule has 5 nitrogen and oxygen atoms in total. The molecule has 0 aliphatic carbocycles. The molecule has 28 heavy (non-hydrogen) atoms. The average molecular weight is 373 g/mol. The molecule has 0 saturated heterocycles. The lowest BCUT2D eigenvalue weighted by atomic mass is 9.85. The van der Waals surface area contributed by atoms with Gasteiger partial charge in [-0.1, -0.05) is 36.4 Å². The van der Waals surface area contributed by atoms with Gasteiger partial charge in [0.2, 0.25) is 5.91 Å². The predicted molar refractivity (Wildman–Crippen MR) is 111 cm³/mol. The van der Waals surface area contributed by atoms with Crippen LogP contribution in [0.1, 0.15) is 31.0 Å². The van der Waals surface area contributed by atoms with Gasteiger partial charge >= 0.3 is 0 Å². The third-order valence-corrected chi connectivity index (χ3v) is 5.31. The minimum absolute atomic E-state index is 0.0156. The second-order valence-electron chi connectivity index (χ2n) is 7.59. The molecule has 2 aromatic carbocycles. The van der Waals surface area contributed by atoms with Crippen molar-refractivity contribution in [1.82, 2.24) is 4.98 Å². The molecule has 0 fully saturated rings. The summed E-state index contributed by atoms with van der Waals surface area (Å²) < 4.78 is 0. The zero-order valence-corrected chi connectivity index (χ0v) is 15.9. The molecule has 5 heteroatoms. The molecule has 0 saturated carbocycles. The van der Waals surface area contributed by atoms with Gasteiger partial charge in [0.1, 0.15) is 0 Å². The van der Waals surface area contributed by atoms with Crippen LogP contribution in [0.5, 0.6) is 0 Å². The third kappa shape index (κ3) is 3.25. The number of fused-ring (bicyclic) bond motifs is 1. The zero-order chi connectivity index (χ0) is 19.7. The van der Waals surface area contributed by atoms with Gasteiger partial charge in [-0.25, -0.2) is 0 Å². The van der Waals surface area contributed by atoms with Gasteiger partial charge in [-0.15, -0.1) is 0 Å². The van der Waals surface area contributed by atoms with Crippen molar-refractivity contribution in [3.8, 4) is 11.1 Å². The van der Waals surface area contributed by atoms with Gasteiger partial charge in [-0.05, 0) is 48.7 Å². The van der Waals surface area contributed by atoms with E-state index in [1.54, 1.807) is 12.4 Å². The maximum atomic E-state index is 12.2. The van der Waals surface area contributed by atoms with Gasteiger partial charge in [-0.2, -0.15) is 0 Å². The van der Waals surface area contributed by atoms with Crippen LogP contribution in [0.4, 0.5) is 11.4 Å². The Balaban J connectivity index is 1.63. The number of pyridine rings is 1. The molecule has 3 aromatic rings. The van der Waals surface area contributed by atoms with Gasteiger partial charge in [0.25, 0.3) is 0 Å². The van der Waals surface area contributed by atoms with Crippen molar-refractivity contribution < 1.29 is 9.90 Å². The first-order chi connectivity index (χ1) is 13.5. The van der Waals surface area contributed by atoms with Crippen LogP contribution in [-0.4, -0.2) is 22.6 Å². The van der Waals surface area contributed by atoms with Crippen molar-refractivity contribution in [2.24, 2.45) is 0 Å². The molecule has 0 unspecified atom stereocenters. The molecule has 0 spiro atoms. The first-order valence-corrected chi connectivity index (χ1v) is 9.33. The molecule has 1 aliphatic rings. The number of rotatable bonds is 5. The second-order valence-corrected chi connectivity index (χ2v) is 7.59. The van der Waals surface area contributed by atoms with Gasteiger partial charge in [0.15, 0.2) is 0 Å². The number of benzene rings is 2. The fraction of sp³-hybridized carbons (Fsp3) is 0.217. The third-order valence-electron chi connectivity index (χ3n) is 5.31. The summed E-state index contributed by atoms with van der Waals surface area (Å²) in [6, 6.07) is 17.6. The van der Waals surface area contributed by atoms with Gasteiger partial charge in [-0.3, -0.25) is 9.78 Å². The topological polar surface area (TPSA) is 74.2 Å². The lowest BCUT2D eigenvalue weighted by molar-refractivity contribution is -0.119. The summed E-state index contributed by atoms with van der Waals surface area (Å²) in [4.78, 5) is 16.5. The van der Waals surface area contributed by atoms with Crippen molar-refractivity contribution in [1.29, 1.82) is 0 Å². The number of hydrogen-bond acceptors (Lipinski definition) is 4. The predicted octanol–water partition coefficient (Wildman–Crippen LogP) is 4.12.